The van der Waals surface area contributed by atoms with Crippen molar-refractivity contribution in [1.82, 2.24) is 25.1 Å². The van der Waals surface area contributed by atoms with Crippen molar-refractivity contribution in [3.63, 3.8) is 0 Å². The second-order valence-corrected chi connectivity index (χ2v) is 6.47. The van der Waals surface area contributed by atoms with Gasteiger partial charge < -0.3 is 9.32 Å². The Labute approximate surface area is 154 Å². The Kier molecular flexibility index (Phi) is 6.00. The fraction of sp³-hybridized carbons (Fsp3) is 0.294. The van der Waals surface area contributed by atoms with Crippen LogP contribution in [-0.4, -0.2) is 43.3 Å². The first-order valence-corrected chi connectivity index (χ1v) is 9.08. The lowest BCUT2D eigenvalue weighted by atomic mass is 10.2. The van der Waals surface area contributed by atoms with Gasteiger partial charge >= 0.3 is 0 Å². The summed E-state index contributed by atoms with van der Waals surface area (Å²) in [4.78, 5) is 14.2. The van der Waals surface area contributed by atoms with Crippen LogP contribution < -0.4 is 0 Å². The SMILES string of the molecule is CCN(Cc1cccc(F)c1)C(=O)CSc1nnnn1Cc1ccco1. The molecule has 0 radical (unpaired) electrons. The molecule has 0 saturated heterocycles. The van der Waals surface area contributed by atoms with Gasteiger partial charge in [0, 0.05) is 13.1 Å². The summed E-state index contributed by atoms with van der Waals surface area (Å²) in [7, 11) is 0. The third kappa shape index (κ3) is 4.69. The minimum absolute atomic E-state index is 0.0608. The van der Waals surface area contributed by atoms with E-state index in [2.05, 4.69) is 15.5 Å². The number of carbonyl (C=O) groups excluding carboxylic acids is 1. The molecule has 0 aliphatic rings. The van der Waals surface area contributed by atoms with Gasteiger partial charge in [-0.3, -0.25) is 4.79 Å². The number of nitrogens with zero attached hydrogens (tertiary/aromatic N) is 5. The number of aromatic nitrogens is 4. The normalized spacial score (nSPS) is 10.8. The van der Waals surface area contributed by atoms with Crippen LogP contribution in [0.4, 0.5) is 4.39 Å². The van der Waals surface area contributed by atoms with Crippen molar-refractivity contribution < 1.29 is 13.6 Å². The third-order valence-electron chi connectivity index (χ3n) is 3.71. The van der Waals surface area contributed by atoms with Crippen molar-refractivity contribution in [3.8, 4) is 0 Å². The number of hydrogen-bond donors (Lipinski definition) is 0. The average molecular weight is 375 g/mol. The van der Waals surface area contributed by atoms with Crippen molar-refractivity contribution in [2.75, 3.05) is 12.3 Å². The van der Waals surface area contributed by atoms with Crippen LogP contribution in [-0.2, 0) is 17.9 Å². The van der Waals surface area contributed by atoms with E-state index in [-0.39, 0.29) is 17.5 Å². The van der Waals surface area contributed by atoms with Gasteiger partial charge in [0.2, 0.25) is 11.1 Å². The van der Waals surface area contributed by atoms with Crippen LogP contribution in [0.1, 0.15) is 18.2 Å². The van der Waals surface area contributed by atoms with E-state index in [9.17, 15) is 9.18 Å². The number of tetrazole rings is 1. The van der Waals surface area contributed by atoms with Crippen molar-refractivity contribution in [3.05, 3.63) is 59.8 Å². The molecule has 0 saturated carbocycles. The number of benzene rings is 1. The van der Waals surface area contributed by atoms with E-state index in [4.69, 9.17) is 4.42 Å². The summed E-state index contributed by atoms with van der Waals surface area (Å²) in [6.45, 7) is 3.19. The Hall–Kier alpha value is -2.68. The molecule has 136 valence electrons. The monoisotopic (exact) mass is 375 g/mol. The van der Waals surface area contributed by atoms with Gasteiger partial charge in [-0.1, -0.05) is 23.9 Å². The second-order valence-electron chi connectivity index (χ2n) is 5.52. The van der Waals surface area contributed by atoms with Crippen molar-refractivity contribution in [2.24, 2.45) is 0 Å². The summed E-state index contributed by atoms with van der Waals surface area (Å²) in [6, 6.07) is 9.89. The first-order valence-electron chi connectivity index (χ1n) is 8.09. The molecule has 3 aromatic rings. The molecule has 26 heavy (non-hydrogen) atoms. The highest BCUT2D eigenvalue weighted by Crippen LogP contribution is 2.17. The third-order valence-corrected chi connectivity index (χ3v) is 4.65. The molecule has 7 nitrogen and oxygen atoms in total. The lowest BCUT2D eigenvalue weighted by Gasteiger charge is -2.20. The van der Waals surface area contributed by atoms with Crippen LogP contribution in [0.25, 0.3) is 0 Å². The molecule has 3 rings (SSSR count). The zero-order chi connectivity index (χ0) is 18.4. The van der Waals surface area contributed by atoms with Gasteiger partial charge in [-0.05, 0) is 47.2 Å². The van der Waals surface area contributed by atoms with Crippen LogP contribution in [0.5, 0.6) is 0 Å². The predicted octanol–water partition coefficient (Wildman–Crippen LogP) is 2.59. The van der Waals surface area contributed by atoms with E-state index in [1.54, 1.807) is 34.0 Å². The first kappa shape index (κ1) is 18.1. The maximum absolute atomic E-state index is 13.3. The van der Waals surface area contributed by atoms with Crippen LogP contribution >= 0.6 is 11.8 Å². The highest BCUT2D eigenvalue weighted by Gasteiger charge is 2.16. The summed E-state index contributed by atoms with van der Waals surface area (Å²) in [5.74, 6) is 0.556. The van der Waals surface area contributed by atoms with Crippen molar-refractivity contribution in [1.29, 1.82) is 0 Å². The first-order chi connectivity index (χ1) is 12.7. The zero-order valence-corrected chi connectivity index (χ0v) is 15.0. The van der Waals surface area contributed by atoms with Crippen LogP contribution in [0.3, 0.4) is 0 Å². The molecule has 0 aliphatic carbocycles. The molecule has 0 atom stereocenters. The predicted molar refractivity (Wildman–Crippen MR) is 93.8 cm³/mol. The number of furan rings is 1. The molecule has 0 bridgehead atoms. The Morgan fingerprint density at radius 1 is 1.35 bits per heavy atom. The van der Waals surface area contributed by atoms with Gasteiger partial charge in [-0.2, -0.15) is 0 Å². The van der Waals surface area contributed by atoms with E-state index < -0.39 is 0 Å². The lowest BCUT2D eigenvalue weighted by Crippen LogP contribution is -2.31. The van der Waals surface area contributed by atoms with Gasteiger partial charge in [0.15, 0.2) is 0 Å². The molecule has 0 N–H and O–H groups in total. The Morgan fingerprint density at radius 3 is 2.96 bits per heavy atom. The zero-order valence-electron chi connectivity index (χ0n) is 14.2. The summed E-state index contributed by atoms with van der Waals surface area (Å²) in [5.41, 5.74) is 0.757. The molecule has 0 spiro atoms. The topological polar surface area (TPSA) is 77.1 Å². The number of hydrogen-bond acceptors (Lipinski definition) is 6. The van der Waals surface area contributed by atoms with E-state index in [1.165, 1.54) is 23.9 Å². The van der Waals surface area contributed by atoms with Crippen LogP contribution in [0, 0.1) is 5.82 Å². The minimum atomic E-state index is -0.308. The van der Waals surface area contributed by atoms with E-state index in [1.807, 2.05) is 13.0 Å². The molecular weight excluding hydrogens is 357 g/mol. The second kappa shape index (κ2) is 8.61. The molecular formula is C17H18FN5O2S. The van der Waals surface area contributed by atoms with Gasteiger partial charge in [0.25, 0.3) is 0 Å². The summed E-state index contributed by atoms with van der Waals surface area (Å²) < 4.78 is 20.2. The summed E-state index contributed by atoms with van der Waals surface area (Å²) in [6.07, 6.45) is 1.58. The molecule has 0 unspecified atom stereocenters. The van der Waals surface area contributed by atoms with E-state index in [0.29, 0.717) is 24.8 Å². The minimum Gasteiger partial charge on any atom is -0.467 e. The fourth-order valence-electron chi connectivity index (χ4n) is 2.40. The van der Waals surface area contributed by atoms with Crippen LogP contribution in [0.2, 0.25) is 0 Å². The van der Waals surface area contributed by atoms with Gasteiger partial charge in [-0.25, -0.2) is 9.07 Å². The molecule has 2 heterocycles. The van der Waals surface area contributed by atoms with Gasteiger partial charge in [0.05, 0.1) is 12.0 Å². The van der Waals surface area contributed by atoms with E-state index >= 15 is 0 Å². The Bertz CT molecular complexity index is 852. The number of carbonyl (C=O) groups is 1. The van der Waals surface area contributed by atoms with Gasteiger partial charge in [-0.15, -0.1) is 5.10 Å². The lowest BCUT2D eigenvalue weighted by molar-refractivity contribution is -0.128. The highest BCUT2D eigenvalue weighted by molar-refractivity contribution is 7.99. The van der Waals surface area contributed by atoms with Crippen LogP contribution in [0.15, 0.2) is 52.2 Å². The largest absolute Gasteiger partial charge is 0.467 e. The maximum Gasteiger partial charge on any atom is 0.233 e. The van der Waals surface area contributed by atoms with E-state index in [0.717, 1.165) is 11.3 Å². The van der Waals surface area contributed by atoms with Crippen molar-refractivity contribution in [2.45, 2.75) is 25.2 Å². The number of rotatable bonds is 8. The summed E-state index contributed by atoms with van der Waals surface area (Å²) in [5, 5.41) is 12.1. The molecule has 9 heteroatoms. The quantitative estimate of drug-likeness (QED) is 0.563. The number of halogens is 1. The fourth-order valence-corrected chi connectivity index (χ4v) is 3.18. The Morgan fingerprint density at radius 2 is 2.23 bits per heavy atom. The van der Waals surface area contributed by atoms with Gasteiger partial charge in [0.1, 0.15) is 18.1 Å². The number of amides is 1. The summed E-state index contributed by atoms with van der Waals surface area (Å²) >= 11 is 1.26. The maximum atomic E-state index is 13.3. The molecule has 1 amide bonds. The standard InChI is InChI=1S/C17H18FN5O2S/c1-2-22(10-13-5-3-6-14(18)9-13)16(24)12-26-17-19-20-21-23(17)11-15-7-4-8-25-15/h3-9H,2,10-12H2,1H3. The number of thioether (sulfide) groups is 1. The molecule has 0 fully saturated rings. The average Bonchev–Trinajstić information content (AvgIpc) is 3.30. The van der Waals surface area contributed by atoms with Crippen molar-refractivity contribution >= 4 is 17.7 Å². The Balaban J connectivity index is 1.58. The molecule has 1 aromatic carbocycles. The molecule has 2 aromatic heterocycles. The molecule has 0 aliphatic heterocycles. The smallest absolute Gasteiger partial charge is 0.233 e. The highest BCUT2D eigenvalue weighted by atomic mass is 32.2.